The topological polar surface area (TPSA) is 45.5 Å². The molecule has 0 saturated carbocycles. The zero-order valence-electron chi connectivity index (χ0n) is 17.2. The van der Waals surface area contributed by atoms with Crippen LogP contribution in [0.2, 0.25) is 0 Å². The summed E-state index contributed by atoms with van der Waals surface area (Å²) in [5, 5.41) is 7.77. The van der Waals surface area contributed by atoms with E-state index in [0.29, 0.717) is 5.92 Å². The van der Waals surface area contributed by atoms with Gasteiger partial charge in [0.1, 0.15) is 0 Å². The Morgan fingerprint density at radius 2 is 2.00 bits per heavy atom. The lowest BCUT2D eigenvalue weighted by Gasteiger charge is -2.21. The molecule has 2 heterocycles. The molecule has 1 N–H and O–H groups in total. The van der Waals surface area contributed by atoms with Gasteiger partial charge in [-0.25, -0.2) is 0 Å². The summed E-state index contributed by atoms with van der Waals surface area (Å²) in [4.78, 5) is 7.33. The Balaban J connectivity index is 1.57. The number of aryl methyl sites for hydroxylation is 3. The van der Waals surface area contributed by atoms with Crippen molar-refractivity contribution in [3.63, 3.8) is 0 Å². The van der Waals surface area contributed by atoms with Crippen molar-refractivity contribution in [1.29, 1.82) is 0 Å². The maximum atomic E-state index is 4.91. The second-order valence-corrected chi connectivity index (χ2v) is 7.81. The number of benzene rings is 1. The van der Waals surface area contributed by atoms with Gasteiger partial charge < -0.3 is 10.2 Å². The Kier molecular flexibility index (Phi) is 6.54. The molecule has 1 unspecified atom stereocenters. The number of aliphatic imine (C=N–C) groups is 1. The van der Waals surface area contributed by atoms with Crippen LogP contribution < -0.4 is 5.32 Å². The molecule has 3 rings (SSSR count). The van der Waals surface area contributed by atoms with Crippen molar-refractivity contribution in [1.82, 2.24) is 20.0 Å². The molecule has 0 amide bonds. The quantitative estimate of drug-likeness (QED) is 0.630. The first-order valence-electron chi connectivity index (χ1n) is 10.1. The fourth-order valence-corrected chi connectivity index (χ4v) is 4.03. The summed E-state index contributed by atoms with van der Waals surface area (Å²) >= 11 is 0. The normalized spacial score (nSPS) is 17.6. The number of guanidine groups is 1. The van der Waals surface area contributed by atoms with Crippen LogP contribution in [0.15, 0.2) is 35.6 Å². The van der Waals surface area contributed by atoms with E-state index in [9.17, 15) is 0 Å². The number of rotatable bonds is 6. The van der Waals surface area contributed by atoms with Crippen molar-refractivity contribution in [3.05, 3.63) is 52.8 Å². The summed E-state index contributed by atoms with van der Waals surface area (Å²) in [6.07, 6.45) is 7.44. The molecule has 0 radical (unpaired) electrons. The van der Waals surface area contributed by atoms with E-state index in [4.69, 9.17) is 4.99 Å². The summed E-state index contributed by atoms with van der Waals surface area (Å²) in [6, 6.07) is 6.77. The first kappa shape index (κ1) is 19.5. The molecule has 0 bridgehead atoms. The van der Waals surface area contributed by atoms with E-state index in [-0.39, 0.29) is 0 Å². The predicted molar refractivity (Wildman–Crippen MR) is 112 cm³/mol. The van der Waals surface area contributed by atoms with Gasteiger partial charge in [-0.1, -0.05) is 29.3 Å². The Morgan fingerprint density at radius 3 is 2.67 bits per heavy atom. The zero-order valence-corrected chi connectivity index (χ0v) is 17.2. The van der Waals surface area contributed by atoms with Gasteiger partial charge in [0.15, 0.2) is 5.96 Å². The van der Waals surface area contributed by atoms with E-state index in [1.165, 1.54) is 28.7 Å². The molecule has 0 aliphatic carbocycles. The molecule has 1 atom stereocenters. The second kappa shape index (κ2) is 9.07. The smallest absolute Gasteiger partial charge is 0.193 e. The highest BCUT2D eigenvalue weighted by Gasteiger charge is 2.25. The van der Waals surface area contributed by atoms with Crippen molar-refractivity contribution in [3.8, 4) is 0 Å². The molecule has 1 saturated heterocycles. The highest BCUT2D eigenvalue weighted by atomic mass is 15.3. The van der Waals surface area contributed by atoms with E-state index in [2.05, 4.69) is 60.5 Å². The van der Waals surface area contributed by atoms with Crippen LogP contribution in [-0.2, 0) is 19.9 Å². The molecule has 1 aromatic heterocycles. The van der Waals surface area contributed by atoms with E-state index in [1.54, 1.807) is 0 Å². The highest BCUT2D eigenvalue weighted by Crippen LogP contribution is 2.20. The molecule has 0 spiro atoms. The van der Waals surface area contributed by atoms with Crippen molar-refractivity contribution in [2.75, 3.05) is 26.2 Å². The number of hydrogen-bond donors (Lipinski definition) is 1. The van der Waals surface area contributed by atoms with Crippen LogP contribution in [0.5, 0.6) is 0 Å². The van der Waals surface area contributed by atoms with Crippen LogP contribution in [0.4, 0.5) is 0 Å². The Hall–Kier alpha value is -2.30. The molecule has 5 heteroatoms. The van der Waals surface area contributed by atoms with Crippen molar-refractivity contribution >= 4 is 5.96 Å². The van der Waals surface area contributed by atoms with E-state index >= 15 is 0 Å². The van der Waals surface area contributed by atoms with Crippen molar-refractivity contribution < 1.29 is 0 Å². The van der Waals surface area contributed by atoms with Crippen LogP contribution in [-0.4, -0.2) is 46.8 Å². The Morgan fingerprint density at radius 1 is 1.22 bits per heavy atom. The van der Waals surface area contributed by atoms with E-state index in [1.807, 2.05) is 17.9 Å². The van der Waals surface area contributed by atoms with Gasteiger partial charge in [0.05, 0.1) is 6.20 Å². The van der Waals surface area contributed by atoms with Crippen LogP contribution in [0.3, 0.4) is 0 Å². The zero-order chi connectivity index (χ0) is 19.2. The van der Waals surface area contributed by atoms with Gasteiger partial charge in [-0.2, -0.15) is 5.10 Å². The average Bonchev–Trinajstić information content (AvgIpc) is 3.23. The molecular weight excluding hydrogens is 334 g/mol. The van der Waals surface area contributed by atoms with Crippen molar-refractivity contribution in [2.45, 2.75) is 40.0 Å². The molecule has 1 fully saturated rings. The summed E-state index contributed by atoms with van der Waals surface area (Å²) < 4.78 is 1.89. The van der Waals surface area contributed by atoms with Gasteiger partial charge in [-0.3, -0.25) is 9.67 Å². The molecule has 1 aliphatic rings. The van der Waals surface area contributed by atoms with Crippen molar-refractivity contribution in [2.24, 2.45) is 18.0 Å². The third kappa shape index (κ3) is 5.59. The third-order valence-electron chi connectivity index (χ3n) is 5.15. The number of nitrogens with zero attached hydrogens (tertiary/aromatic N) is 4. The first-order chi connectivity index (χ1) is 13.0. The lowest BCUT2D eigenvalue weighted by molar-refractivity contribution is 0.460. The monoisotopic (exact) mass is 367 g/mol. The fraction of sp³-hybridized carbons (Fsp3) is 0.545. The van der Waals surface area contributed by atoms with Gasteiger partial charge in [0.2, 0.25) is 0 Å². The number of likely N-dealkylation sites (tertiary alicyclic amines) is 1. The minimum atomic E-state index is 0.678. The summed E-state index contributed by atoms with van der Waals surface area (Å²) in [6.45, 7) is 10.4. The van der Waals surface area contributed by atoms with Gasteiger partial charge in [0, 0.05) is 39.4 Å². The number of aromatic nitrogens is 2. The first-order valence-corrected chi connectivity index (χ1v) is 10.1. The van der Waals surface area contributed by atoms with E-state index < -0.39 is 0 Å². The average molecular weight is 368 g/mol. The third-order valence-corrected chi connectivity index (χ3v) is 5.15. The maximum absolute atomic E-state index is 4.91. The Labute approximate surface area is 163 Å². The molecule has 1 aromatic carbocycles. The van der Waals surface area contributed by atoms with Gasteiger partial charge in [-0.05, 0) is 57.1 Å². The number of nitrogens with one attached hydrogen (secondary N) is 1. The SMILES string of the molecule is CCNC(=NCCc1cc(C)cc(C)c1)N1CCC(Cc2cnn(C)c2)C1. The Bertz CT molecular complexity index is 757. The second-order valence-electron chi connectivity index (χ2n) is 7.81. The van der Waals surface area contributed by atoms with Gasteiger partial charge in [-0.15, -0.1) is 0 Å². The maximum Gasteiger partial charge on any atom is 0.193 e. The summed E-state index contributed by atoms with van der Waals surface area (Å²) in [7, 11) is 1.98. The highest BCUT2D eigenvalue weighted by molar-refractivity contribution is 5.80. The molecular formula is C22H33N5. The van der Waals surface area contributed by atoms with Gasteiger partial charge >= 0.3 is 0 Å². The molecule has 5 nitrogen and oxygen atoms in total. The minimum absolute atomic E-state index is 0.678. The van der Waals surface area contributed by atoms with E-state index in [0.717, 1.165) is 45.0 Å². The predicted octanol–water partition coefficient (Wildman–Crippen LogP) is 3.11. The lowest BCUT2D eigenvalue weighted by atomic mass is 10.0. The van der Waals surface area contributed by atoms with Crippen LogP contribution in [0.1, 0.15) is 35.6 Å². The summed E-state index contributed by atoms with van der Waals surface area (Å²) in [5.41, 5.74) is 5.38. The molecule has 1 aliphatic heterocycles. The van der Waals surface area contributed by atoms with Gasteiger partial charge in [0.25, 0.3) is 0 Å². The molecule has 2 aromatic rings. The van der Waals surface area contributed by atoms with Crippen LogP contribution in [0, 0.1) is 19.8 Å². The molecule has 27 heavy (non-hydrogen) atoms. The standard InChI is InChI=1S/C22H33N5/c1-5-23-22(24-8-6-19-11-17(2)10-18(3)12-19)27-9-7-20(16-27)13-21-14-25-26(4)15-21/h10-12,14-15,20H,5-9,13,16H2,1-4H3,(H,23,24). The summed E-state index contributed by atoms with van der Waals surface area (Å²) in [5.74, 6) is 1.74. The van der Waals surface area contributed by atoms with Crippen LogP contribution in [0.25, 0.3) is 0 Å². The van der Waals surface area contributed by atoms with Crippen LogP contribution >= 0.6 is 0 Å². The fourth-order valence-electron chi connectivity index (χ4n) is 4.03. The lowest BCUT2D eigenvalue weighted by Crippen LogP contribution is -2.40. The molecule has 146 valence electrons. The largest absolute Gasteiger partial charge is 0.357 e. The number of hydrogen-bond acceptors (Lipinski definition) is 2. The minimum Gasteiger partial charge on any atom is -0.357 e.